The molecule has 0 unspecified atom stereocenters. The quantitative estimate of drug-likeness (QED) is 0.714. The zero-order valence-electron chi connectivity index (χ0n) is 8.28. The molecule has 0 saturated heterocycles. The summed E-state index contributed by atoms with van der Waals surface area (Å²) < 4.78 is 5.16. The van der Waals surface area contributed by atoms with E-state index in [0.717, 1.165) is 11.1 Å². The van der Waals surface area contributed by atoms with E-state index in [0.29, 0.717) is 23.4 Å². The number of methoxy groups -OCH3 is 1. The molecular formula is C11H11NO3. The van der Waals surface area contributed by atoms with Gasteiger partial charge in [-0.1, -0.05) is 0 Å². The molecule has 1 aliphatic rings. The van der Waals surface area contributed by atoms with Crippen LogP contribution >= 0.6 is 0 Å². The molecule has 0 amide bonds. The highest BCUT2D eigenvalue weighted by atomic mass is 16.5. The third kappa shape index (κ3) is 1.54. The minimum absolute atomic E-state index is 0.369. The van der Waals surface area contributed by atoms with Crippen LogP contribution in [0.15, 0.2) is 17.7 Å². The van der Waals surface area contributed by atoms with E-state index in [4.69, 9.17) is 15.6 Å². The SMILES string of the molecule is COc1cc(N)cc2c1CC(C(=O)O)=C2. The first-order chi connectivity index (χ1) is 7.11. The van der Waals surface area contributed by atoms with Crippen molar-refractivity contribution in [3.63, 3.8) is 0 Å². The lowest BCUT2D eigenvalue weighted by Crippen LogP contribution is -2.00. The number of nitrogens with two attached hydrogens (primary N) is 1. The van der Waals surface area contributed by atoms with Crippen LogP contribution in [0, 0.1) is 0 Å². The van der Waals surface area contributed by atoms with Crippen molar-refractivity contribution < 1.29 is 14.6 Å². The molecule has 0 aliphatic heterocycles. The normalized spacial score (nSPS) is 13.3. The van der Waals surface area contributed by atoms with E-state index < -0.39 is 5.97 Å². The summed E-state index contributed by atoms with van der Waals surface area (Å²) in [5.74, 6) is -0.246. The van der Waals surface area contributed by atoms with Crippen LogP contribution in [0.25, 0.3) is 6.08 Å². The van der Waals surface area contributed by atoms with Gasteiger partial charge in [0, 0.05) is 29.3 Å². The van der Waals surface area contributed by atoms with E-state index in [1.165, 1.54) is 0 Å². The molecule has 2 rings (SSSR count). The highest BCUT2D eigenvalue weighted by Crippen LogP contribution is 2.34. The number of nitrogen functional groups attached to an aromatic ring is 1. The predicted molar refractivity (Wildman–Crippen MR) is 56.7 cm³/mol. The number of carbonyl (C=O) groups is 1. The van der Waals surface area contributed by atoms with Gasteiger partial charge in [0.25, 0.3) is 0 Å². The molecular weight excluding hydrogens is 194 g/mol. The van der Waals surface area contributed by atoms with E-state index >= 15 is 0 Å². The first kappa shape index (κ1) is 9.58. The molecule has 0 radical (unpaired) electrons. The van der Waals surface area contributed by atoms with Crippen molar-refractivity contribution in [2.45, 2.75) is 6.42 Å². The van der Waals surface area contributed by atoms with Gasteiger partial charge in [0.2, 0.25) is 0 Å². The number of aliphatic carboxylic acids is 1. The molecule has 0 spiro atoms. The minimum atomic E-state index is -0.896. The van der Waals surface area contributed by atoms with Crippen molar-refractivity contribution in [1.29, 1.82) is 0 Å². The molecule has 1 aliphatic carbocycles. The zero-order valence-corrected chi connectivity index (χ0v) is 8.28. The van der Waals surface area contributed by atoms with E-state index in [1.54, 1.807) is 25.3 Å². The van der Waals surface area contributed by atoms with Gasteiger partial charge >= 0.3 is 5.97 Å². The Morgan fingerprint density at radius 2 is 2.27 bits per heavy atom. The summed E-state index contributed by atoms with van der Waals surface area (Å²) in [6.45, 7) is 0. The predicted octanol–water partition coefficient (Wildman–Crippen LogP) is 1.30. The summed E-state index contributed by atoms with van der Waals surface area (Å²) in [6.07, 6.45) is 2.03. The average Bonchev–Trinajstić information content (AvgIpc) is 2.59. The van der Waals surface area contributed by atoms with E-state index in [-0.39, 0.29) is 0 Å². The second kappa shape index (κ2) is 3.31. The van der Waals surface area contributed by atoms with Gasteiger partial charge in [-0.05, 0) is 17.7 Å². The number of fused-ring (bicyclic) bond motifs is 1. The number of anilines is 1. The Labute approximate surface area is 87.0 Å². The van der Waals surface area contributed by atoms with Gasteiger partial charge in [-0.3, -0.25) is 0 Å². The zero-order chi connectivity index (χ0) is 11.0. The summed E-state index contributed by atoms with van der Waals surface area (Å²) in [5, 5.41) is 8.88. The highest BCUT2D eigenvalue weighted by Gasteiger charge is 2.21. The van der Waals surface area contributed by atoms with Gasteiger partial charge in [-0.25, -0.2) is 4.79 Å². The fourth-order valence-electron chi connectivity index (χ4n) is 1.76. The Hall–Kier alpha value is -1.97. The molecule has 0 heterocycles. The molecule has 3 N–H and O–H groups in total. The number of benzene rings is 1. The van der Waals surface area contributed by atoms with Gasteiger partial charge in [0.05, 0.1) is 7.11 Å². The Balaban J connectivity index is 2.50. The van der Waals surface area contributed by atoms with Crippen LogP contribution in [-0.2, 0) is 11.2 Å². The van der Waals surface area contributed by atoms with E-state index in [2.05, 4.69) is 0 Å². The number of rotatable bonds is 2. The second-order valence-electron chi connectivity index (χ2n) is 3.44. The van der Waals surface area contributed by atoms with Crippen molar-refractivity contribution in [2.75, 3.05) is 12.8 Å². The largest absolute Gasteiger partial charge is 0.496 e. The van der Waals surface area contributed by atoms with Crippen LogP contribution < -0.4 is 10.5 Å². The number of ether oxygens (including phenoxy) is 1. The molecule has 1 aromatic carbocycles. The molecule has 0 bridgehead atoms. The lowest BCUT2D eigenvalue weighted by molar-refractivity contribution is -0.132. The summed E-state index contributed by atoms with van der Waals surface area (Å²) in [6, 6.07) is 3.46. The van der Waals surface area contributed by atoms with Crippen LogP contribution in [0.5, 0.6) is 5.75 Å². The fraction of sp³-hybridized carbons (Fsp3) is 0.182. The standard InChI is InChI=1S/C11H11NO3/c1-15-10-5-8(12)3-6-2-7(11(13)14)4-9(6)10/h2-3,5H,4,12H2,1H3,(H,13,14). The lowest BCUT2D eigenvalue weighted by Gasteiger charge is -2.08. The van der Waals surface area contributed by atoms with Crippen LogP contribution in [0.2, 0.25) is 0 Å². The van der Waals surface area contributed by atoms with Gasteiger partial charge in [-0.15, -0.1) is 0 Å². The molecule has 4 heteroatoms. The molecule has 0 saturated carbocycles. The Morgan fingerprint density at radius 3 is 2.87 bits per heavy atom. The number of carboxylic acids is 1. The molecule has 0 atom stereocenters. The van der Waals surface area contributed by atoms with Gasteiger partial charge in [0.15, 0.2) is 0 Å². The topological polar surface area (TPSA) is 72.5 Å². The van der Waals surface area contributed by atoms with Crippen molar-refractivity contribution in [2.24, 2.45) is 0 Å². The maximum atomic E-state index is 10.8. The van der Waals surface area contributed by atoms with Crippen molar-refractivity contribution in [1.82, 2.24) is 0 Å². The van der Waals surface area contributed by atoms with Crippen LogP contribution in [0.1, 0.15) is 11.1 Å². The number of hydrogen-bond donors (Lipinski definition) is 2. The van der Waals surface area contributed by atoms with Crippen molar-refractivity contribution >= 4 is 17.7 Å². The van der Waals surface area contributed by atoms with E-state index in [1.807, 2.05) is 0 Å². The number of hydrogen-bond acceptors (Lipinski definition) is 3. The monoisotopic (exact) mass is 205 g/mol. The van der Waals surface area contributed by atoms with Gasteiger partial charge in [0.1, 0.15) is 5.75 Å². The second-order valence-corrected chi connectivity index (χ2v) is 3.44. The summed E-state index contributed by atoms with van der Waals surface area (Å²) in [4.78, 5) is 10.8. The third-order valence-corrected chi connectivity index (χ3v) is 2.46. The maximum absolute atomic E-state index is 10.8. The van der Waals surface area contributed by atoms with Gasteiger partial charge < -0.3 is 15.6 Å². The first-order valence-electron chi connectivity index (χ1n) is 4.52. The molecule has 4 nitrogen and oxygen atoms in total. The fourth-order valence-corrected chi connectivity index (χ4v) is 1.76. The van der Waals surface area contributed by atoms with Crippen LogP contribution in [-0.4, -0.2) is 18.2 Å². The average molecular weight is 205 g/mol. The lowest BCUT2D eigenvalue weighted by atomic mass is 10.1. The van der Waals surface area contributed by atoms with E-state index in [9.17, 15) is 4.79 Å². The highest BCUT2D eigenvalue weighted by molar-refractivity contribution is 5.96. The molecule has 78 valence electrons. The molecule has 15 heavy (non-hydrogen) atoms. The maximum Gasteiger partial charge on any atom is 0.331 e. The summed E-state index contributed by atoms with van der Waals surface area (Å²) in [7, 11) is 1.55. The van der Waals surface area contributed by atoms with Crippen LogP contribution in [0.4, 0.5) is 5.69 Å². The summed E-state index contributed by atoms with van der Waals surface area (Å²) in [5.41, 5.74) is 8.35. The van der Waals surface area contributed by atoms with Crippen LogP contribution in [0.3, 0.4) is 0 Å². The van der Waals surface area contributed by atoms with Crippen molar-refractivity contribution in [3.8, 4) is 5.75 Å². The summed E-state index contributed by atoms with van der Waals surface area (Å²) >= 11 is 0. The van der Waals surface area contributed by atoms with Crippen molar-refractivity contribution in [3.05, 3.63) is 28.8 Å². The van der Waals surface area contributed by atoms with Gasteiger partial charge in [-0.2, -0.15) is 0 Å². The minimum Gasteiger partial charge on any atom is -0.496 e. The Kier molecular flexibility index (Phi) is 2.11. The third-order valence-electron chi connectivity index (χ3n) is 2.46. The Morgan fingerprint density at radius 1 is 1.53 bits per heavy atom. The smallest absolute Gasteiger partial charge is 0.331 e. The molecule has 1 aromatic rings. The molecule has 0 fully saturated rings. The first-order valence-corrected chi connectivity index (χ1v) is 4.52. The Bertz CT molecular complexity index is 463. The number of carboxylic acid groups (broad SMARTS) is 1. The molecule has 0 aromatic heterocycles.